The van der Waals surface area contributed by atoms with Crippen molar-refractivity contribution < 1.29 is 12.8 Å². The first kappa shape index (κ1) is 17.1. The second kappa shape index (κ2) is 6.65. The summed E-state index contributed by atoms with van der Waals surface area (Å²) in [6, 6.07) is 2.49. The van der Waals surface area contributed by atoms with Crippen LogP contribution in [0, 0.1) is 18.7 Å². The molecule has 0 aliphatic rings. The summed E-state index contributed by atoms with van der Waals surface area (Å²) in [6.45, 7) is 7.33. The van der Waals surface area contributed by atoms with Gasteiger partial charge in [-0.05, 0) is 37.5 Å². The van der Waals surface area contributed by atoms with Crippen molar-refractivity contribution in [2.75, 3.05) is 0 Å². The number of benzene rings is 1. The Labute approximate surface area is 120 Å². The van der Waals surface area contributed by atoms with Crippen LogP contribution in [0.25, 0.3) is 0 Å². The molecule has 20 heavy (non-hydrogen) atoms. The van der Waals surface area contributed by atoms with E-state index in [4.69, 9.17) is 5.73 Å². The second-order valence-corrected chi connectivity index (χ2v) is 6.88. The predicted octanol–water partition coefficient (Wildman–Crippen LogP) is 2.31. The third-order valence-electron chi connectivity index (χ3n) is 3.72. The predicted molar refractivity (Wildman–Crippen MR) is 78.3 cm³/mol. The largest absolute Gasteiger partial charge is 0.326 e. The molecule has 1 rings (SSSR count). The topological polar surface area (TPSA) is 72.2 Å². The summed E-state index contributed by atoms with van der Waals surface area (Å²) in [5.41, 5.74) is 6.05. The SMILES string of the molecule is CCC(C)C(C)NS(=O)(=O)c1cc(CN)cc(F)c1C. The van der Waals surface area contributed by atoms with Crippen molar-refractivity contribution >= 4 is 10.0 Å². The van der Waals surface area contributed by atoms with Gasteiger partial charge in [0.2, 0.25) is 10.0 Å². The lowest BCUT2D eigenvalue weighted by Crippen LogP contribution is -2.37. The van der Waals surface area contributed by atoms with Crippen molar-refractivity contribution in [2.24, 2.45) is 11.7 Å². The monoisotopic (exact) mass is 302 g/mol. The molecule has 2 unspecified atom stereocenters. The minimum atomic E-state index is -3.75. The lowest BCUT2D eigenvalue weighted by atomic mass is 10.0. The fraction of sp³-hybridized carbons (Fsp3) is 0.571. The van der Waals surface area contributed by atoms with E-state index >= 15 is 0 Å². The van der Waals surface area contributed by atoms with Gasteiger partial charge < -0.3 is 5.73 Å². The molecule has 114 valence electrons. The van der Waals surface area contributed by atoms with E-state index < -0.39 is 15.8 Å². The van der Waals surface area contributed by atoms with E-state index in [-0.39, 0.29) is 29.0 Å². The number of nitrogens with two attached hydrogens (primary N) is 1. The summed E-state index contributed by atoms with van der Waals surface area (Å²) >= 11 is 0. The maximum Gasteiger partial charge on any atom is 0.241 e. The lowest BCUT2D eigenvalue weighted by molar-refractivity contribution is 0.433. The third-order valence-corrected chi connectivity index (χ3v) is 5.41. The molecule has 1 aromatic rings. The molecule has 0 spiro atoms. The molecular formula is C14H23FN2O2S. The van der Waals surface area contributed by atoms with Crippen LogP contribution in [0.4, 0.5) is 4.39 Å². The van der Waals surface area contributed by atoms with Gasteiger partial charge in [0.05, 0.1) is 4.90 Å². The van der Waals surface area contributed by atoms with Crippen LogP contribution >= 0.6 is 0 Å². The summed E-state index contributed by atoms with van der Waals surface area (Å²) < 4.78 is 41.1. The van der Waals surface area contributed by atoms with Gasteiger partial charge in [0.1, 0.15) is 5.82 Å². The summed E-state index contributed by atoms with van der Waals surface area (Å²) in [6.07, 6.45) is 0.861. The molecular weight excluding hydrogens is 279 g/mol. The Morgan fingerprint density at radius 3 is 2.45 bits per heavy atom. The highest BCUT2D eigenvalue weighted by Crippen LogP contribution is 2.21. The van der Waals surface area contributed by atoms with Crippen LogP contribution in [0.3, 0.4) is 0 Å². The van der Waals surface area contributed by atoms with E-state index in [1.165, 1.54) is 19.1 Å². The van der Waals surface area contributed by atoms with Crippen molar-refractivity contribution in [2.45, 2.75) is 51.6 Å². The lowest BCUT2D eigenvalue weighted by Gasteiger charge is -2.21. The zero-order chi connectivity index (χ0) is 15.5. The molecule has 6 heteroatoms. The normalized spacial score (nSPS) is 15.1. The summed E-state index contributed by atoms with van der Waals surface area (Å²) in [4.78, 5) is -0.0342. The molecule has 0 aromatic heterocycles. The van der Waals surface area contributed by atoms with Crippen molar-refractivity contribution in [1.29, 1.82) is 0 Å². The highest BCUT2D eigenvalue weighted by molar-refractivity contribution is 7.89. The molecule has 0 aliphatic heterocycles. The maximum absolute atomic E-state index is 13.8. The van der Waals surface area contributed by atoms with Crippen LogP contribution in [0.2, 0.25) is 0 Å². The number of nitrogens with one attached hydrogen (secondary N) is 1. The Kier molecular flexibility index (Phi) is 5.68. The highest BCUT2D eigenvalue weighted by Gasteiger charge is 2.23. The van der Waals surface area contributed by atoms with E-state index in [2.05, 4.69) is 4.72 Å². The minimum absolute atomic E-state index is 0.0342. The van der Waals surface area contributed by atoms with Gasteiger partial charge in [-0.2, -0.15) is 0 Å². The maximum atomic E-state index is 13.8. The van der Waals surface area contributed by atoms with Gasteiger partial charge in [-0.15, -0.1) is 0 Å². The number of hydrogen-bond donors (Lipinski definition) is 2. The Hall–Kier alpha value is -0.980. The average Bonchev–Trinajstić information content (AvgIpc) is 2.39. The van der Waals surface area contributed by atoms with Crippen LogP contribution in [0.5, 0.6) is 0 Å². The van der Waals surface area contributed by atoms with Gasteiger partial charge in [-0.25, -0.2) is 17.5 Å². The van der Waals surface area contributed by atoms with E-state index in [1.807, 2.05) is 20.8 Å². The van der Waals surface area contributed by atoms with Gasteiger partial charge >= 0.3 is 0 Å². The second-order valence-electron chi connectivity index (χ2n) is 5.20. The molecule has 0 saturated heterocycles. The molecule has 4 nitrogen and oxygen atoms in total. The molecule has 0 fully saturated rings. The van der Waals surface area contributed by atoms with Crippen LogP contribution in [0.15, 0.2) is 17.0 Å². The number of halogens is 1. The van der Waals surface area contributed by atoms with E-state index in [0.29, 0.717) is 5.56 Å². The first-order valence-electron chi connectivity index (χ1n) is 6.74. The molecule has 3 N–H and O–H groups in total. The van der Waals surface area contributed by atoms with Crippen molar-refractivity contribution in [3.05, 3.63) is 29.1 Å². The fourth-order valence-electron chi connectivity index (χ4n) is 1.88. The van der Waals surface area contributed by atoms with Gasteiger partial charge in [0.25, 0.3) is 0 Å². The zero-order valence-corrected chi connectivity index (χ0v) is 13.2. The van der Waals surface area contributed by atoms with Crippen molar-refractivity contribution in [1.82, 2.24) is 4.72 Å². The van der Waals surface area contributed by atoms with Crippen LogP contribution in [0.1, 0.15) is 38.3 Å². The molecule has 0 amide bonds. The van der Waals surface area contributed by atoms with E-state index in [1.54, 1.807) is 0 Å². The molecule has 0 saturated carbocycles. The zero-order valence-electron chi connectivity index (χ0n) is 12.4. The number of sulfonamides is 1. The number of hydrogen-bond acceptors (Lipinski definition) is 3. The van der Waals surface area contributed by atoms with Gasteiger partial charge in [0.15, 0.2) is 0 Å². The summed E-state index contributed by atoms with van der Waals surface area (Å²) in [5, 5.41) is 0. The first-order valence-corrected chi connectivity index (χ1v) is 8.22. The Balaban J connectivity index is 3.19. The standard InChI is InChI=1S/C14H23FN2O2S/c1-5-9(2)11(4)17-20(18,19)14-7-12(8-16)6-13(15)10(14)3/h6-7,9,11,17H,5,8,16H2,1-4H3. The third kappa shape index (κ3) is 3.77. The summed E-state index contributed by atoms with van der Waals surface area (Å²) in [5.74, 6) is -0.350. The van der Waals surface area contributed by atoms with E-state index in [0.717, 1.165) is 6.42 Å². The fourth-order valence-corrected chi connectivity index (χ4v) is 3.54. The number of rotatable bonds is 6. The minimum Gasteiger partial charge on any atom is -0.326 e. The van der Waals surface area contributed by atoms with Gasteiger partial charge in [-0.3, -0.25) is 0 Å². The van der Waals surface area contributed by atoms with Gasteiger partial charge in [-0.1, -0.05) is 20.3 Å². The Bertz CT molecular complexity index is 573. The Morgan fingerprint density at radius 1 is 1.35 bits per heavy atom. The highest BCUT2D eigenvalue weighted by atomic mass is 32.2. The van der Waals surface area contributed by atoms with Crippen molar-refractivity contribution in [3.8, 4) is 0 Å². The molecule has 2 atom stereocenters. The van der Waals surface area contributed by atoms with Crippen LogP contribution in [-0.4, -0.2) is 14.5 Å². The summed E-state index contributed by atoms with van der Waals surface area (Å²) in [7, 11) is -3.75. The Morgan fingerprint density at radius 2 is 1.95 bits per heavy atom. The smallest absolute Gasteiger partial charge is 0.241 e. The average molecular weight is 302 g/mol. The molecule has 0 radical (unpaired) electrons. The van der Waals surface area contributed by atoms with E-state index in [9.17, 15) is 12.8 Å². The first-order chi connectivity index (χ1) is 9.22. The van der Waals surface area contributed by atoms with Gasteiger partial charge in [0, 0.05) is 18.2 Å². The quantitative estimate of drug-likeness (QED) is 0.847. The van der Waals surface area contributed by atoms with Crippen LogP contribution < -0.4 is 10.5 Å². The van der Waals surface area contributed by atoms with Crippen LogP contribution in [-0.2, 0) is 16.6 Å². The molecule has 1 aromatic carbocycles. The molecule has 0 heterocycles. The molecule has 0 bridgehead atoms. The molecule has 0 aliphatic carbocycles. The van der Waals surface area contributed by atoms with Crippen molar-refractivity contribution in [3.63, 3.8) is 0 Å².